The minimum atomic E-state index is -4.19. The van der Waals surface area contributed by atoms with Crippen LogP contribution in [0.3, 0.4) is 0 Å². The highest BCUT2D eigenvalue weighted by atomic mass is 32.2. The van der Waals surface area contributed by atoms with Crippen molar-refractivity contribution < 1.29 is 22.4 Å². The number of carbonyl (C=O) groups is 2. The molecule has 0 aliphatic carbocycles. The van der Waals surface area contributed by atoms with Crippen molar-refractivity contribution in [3.05, 3.63) is 95.8 Å². The molecule has 7 nitrogen and oxygen atoms in total. The lowest BCUT2D eigenvalue weighted by Crippen LogP contribution is -2.53. The fourth-order valence-electron chi connectivity index (χ4n) is 4.01. The van der Waals surface area contributed by atoms with Crippen LogP contribution in [0.4, 0.5) is 10.1 Å². The summed E-state index contributed by atoms with van der Waals surface area (Å²) >= 11 is 0. The number of hydrogen-bond donors (Lipinski definition) is 1. The normalized spacial score (nSPS) is 12.8. The summed E-state index contributed by atoms with van der Waals surface area (Å²) in [4.78, 5) is 28.3. The number of hydrogen-bond acceptors (Lipinski definition) is 4. The summed E-state index contributed by atoms with van der Waals surface area (Å²) in [6, 6.07) is 19.8. The van der Waals surface area contributed by atoms with Gasteiger partial charge in [-0.15, -0.1) is 0 Å². The smallest absolute Gasteiger partial charge is 0.264 e. The first-order valence-electron chi connectivity index (χ1n) is 13.0. The van der Waals surface area contributed by atoms with Crippen LogP contribution in [0.1, 0.15) is 38.3 Å². The van der Waals surface area contributed by atoms with Gasteiger partial charge in [-0.3, -0.25) is 13.9 Å². The number of nitrogens with one attached hydrogen (secondary N) is 1. The molecule has 2 amide bonds. The van der Waals surface area contributed by atoms with Crippen LogP contribution in [-0.2, 0) is 26.0 Å². The maximum absolute atomic E-state index is 13.8. The SMILES string of the molecule is CC[C@@H](C)NC(=O)[C@H](C)N(CCc1ccccc1)C(=O)CN(c1ccc(F)cc1)S(=O)(=O)c1ccc(C)cc1. The van der Waals surface area contributed by atoms with E-state index in [0.29, 0.717) is 6.42 Å². The van der Waals surface area contributed by atoms with Crippen molar-refractivity contribution >= 4 is 27.5 Å². The van der Waals surface area contributed by atoms with Crippen molar-refractivity contribution in [2.75, 3.05) is 17.4 Å². The molecule has 3 aromatic carbocycles. The van der Waals surface area contributed by atoms with Crippen LogP contribution in [-0.4, -0.2) is 50.3 Å². The lowest BCUT2D eigenvalue weighted by atomic mass is 10.1. The Kier molecular flexibility index (Phi) is 10.2. The van der Waals surface area contributed by atoms with Gasteiger partial charge in [0.1, 0.15) is 18.4 Å². The monoisotopic (exact) mass is 553 g/mol. The molecule has 2 atom stereocenters. The molecule has 0 heterocycles. The molecule has 0 unspecified atom stereocenters. The fourth-order valence-corrected chi connectivity index (χ4v) is 5.42. The van der Waals surface area contributed by atoms with E-state index in [1.165, 1.54) is 29.2 Å². The number of aryl methyl sites for hydroxylation is 1. The van der Waals surface area contributed by atoms with E-state index < -0.39 is 34.3 Å². The van der Waals surface area contributed by atoms with E-state index in [-0.39, 0.29) is 29.1 Å². The third-order valence-electron chi connectivity index (χ3n) is 6.65. The Hall–Kier alpha value is -3.72. The summed E-state index contributed by atoms with van der Waals surface area (Å²) in [5.41, 5.74) is 2.00. The van der Waals surface area contributed by atoms with E-state index in [0.717, 1.165) is 34.0 Å². The average molecular weight is 554 g/mol. The van der Waals surface area contributed by atoms with Crippen molar-refractivity contribution in [1.82, 2.24) is 10.2 Å². The maximum atomic E-state index is 13.8. The summed E-state index contributed by atoms with van der Waals surface area (Å²) in [5.74, 6) is -1.39. The van der Waals surface area contributed by atoms with E-state index in [1.54, 1.807) is 19.1 Å². The average Bonchev–Trinajstić information content (AvgIpc) is 2.93. The standard InChI is InChI=1S/C30H36FN3O4S/c1-5-23(3)32-30(36)24(4)33(20-19-25-9-7-6-8-10-25)29(35)21-34(27-15-13-26(31)14-16-27)39(37,38)28-17-11-22(2)12-18-28/h6-18,23-24H,5,19-21H2,1-4H3,(H,32,36)/t23-,24+/m1/s1. The molecule has 0 aliphatic heterocycles. The molecule has 0 saturated carbocycles. The molecule has 9 heteroatoms. The lowest BCUT2D eigenvalue weighted by molar-refractivity contribution is -0.139. The van der Waals surface area contributed by atoms with E-state index in [1.807, 2.05) is 51.1 Å². The number of benzene rings is 3. The van der Waals surface area contributed by atoms with Gasteiger partial charge >= 0.3 is 0 Å². The molecular weight excluding hydrogens is 517 g/mol. The Morgan fingerprint density at radius 2 is 1.54 bits per heavy atom. The molecule has 3 aromatic rings. The van der Waals surface area contributed by atoms with Crippen molar-refractivity contribution in [2.45, 2.75) is 57.5 Å². The minimum absolute atomic E-state index is 0.00335. The second kappa shape index (κ2) is 13.4. The summed E-state index contributed by atoms with van der Waals surface area (Å²) in [6.07, 6.45) is 1.21. The first kappa shape index (κ1) is 29.8. The number of sulfonamides is 1. The summed E-state index contributed by atoms with van der Waals surface area (Å²) in [6.45, 7) is 6.96. The van der Waals surface area contributed by atoms with Crippen molar-refractivity contribution in [3.63, 3.8) is 0 Å². The van der Waals surface area contributed by atoms with Gasteiger partial charge in [0, 0.05) is 12.6 Å². The van der Waals surface area contributed by atoms with Crippen molar-refractivity contribution in [3.8, 4) is 0 Å². The van der Waals surface area contributed by atoms with Crippen LogP contribution in [0.2, 0.25) is 0 Å². The quantitative estimate of drug-likeness (QED) is 0.352. The molecule has 1 N–H and O–H groups in total. The molecule has 0 radical (unpaired) electrons. The third-order valence-corrected chi connectivity index (χ3v) is 8.44. The van der Waals surface area contributed by atoms with Gasteiger partial charge in [0.25, 0.3) is 10.0 Å². The fraction of sp³-hybridized carbons (Fsp3) is 0.333. The molecule has 3 rings (SSSR count). The van der Waals surface area contributed by atoms with Gasteiger partial charge in [-0.05, 0) is 75.6 Å². The number of rotatable bonds is 12. The van der Waals surface area contributed by atoms with Gasteiger partial charge < -0.3 is 10.2 Å². The Balaban J connectivity index is 1.96. The molecular formula is C30H36FN3O4S. The first-order valence-corrected chi connectivity index (χ1v) is 14.5. The highest BCUT2D eigenvalue weighted by Gasteiger charge is 2.32. The first-order chi connectivity index (χ1) is 18.5. The largest absolute Gasteiger partial charge is 0.352 e. The second-order valence-electron chi connectivity index (χ2n) is 9.62. The van der Waals surface area contributed by atoms with Crippen LogP contribution in [0, 0.1) is 12.7 Å². The van der Waals surface area contributed by atoms with Crippen LogP contribution >= 0.6 is 0 Å². The Bertz CT molecular complexity index is 1350. The van der Waals surface area contributed by atoms with Crippen molar-refractivity contribution in [1.29, 1.82) is 0 Å². The molecule has 0 saturated heterocycles. The highest BCUT2D eigenvalue weighted by Crippen LogP contribution is 2.25. The van der Waals surface area contributed by atoms with Crippen LogP contribution in [0.5, 0.6) is 0 Å². The van der Waals surface area contributed by atoms with Crippen LogP contribution < -0.4 is 9.62 Å². The summed E-state index contributed by atoms with van der Waals surface area (Å²) < 4.78 is 42.1. The topological polar surface area (TPSA) is 86.8 Å². The van der Waals surface area contributed by atoms with Crippen LogP contribution in [0.15, 0.2) is 83.8 Å². The number of halogens is 1. The predicted octanol–water partition coefficient (Wildman–Crippen LogP) is 4.70. The van der Waals surface area contributed by atoms with E-state index in [4.69, 9.17) is 0 Å². The zero-order valence-electron chi connectivity index (χ0n) is 22.8. The van der Waals surface area contributed by atoms with Gasteiger partial charge in [-0.1, -0.05) is 55.0 Å². The Morgan fingerprint density at radius 3 is 2.13 bits per heavy atom. The second-order valence-corrected chi connectivity index (χ2v) is 11.5. The zero-order valence-corrected chi connectivity index (χ0v) is 23.6. The number of carbonyl (C=O) groups excluding carboxylic acids is 2. The number of nitrogens with zero attached hydrogens (tertiary/aromatic N) is 2. The summed E-state index contributed by atoms with van der Waals surface area (Å²) in [7, 11) is -4.19. The van der Waals surface area contributed by atoms with E-state index in [9.17, 15) is 22.4 Å². The molecule has 0 spiro atoms. The minimum Gasteiger partial charge on any atom is -0.352 e. The molecule has 0 aromatic heterocycles. The van der Waals surface area contributed by atoms with E-state index in [2.05, 4.69) is 5.32 Å². The summed E-state index contributed by atoms with van der Waals surface area (Å²) in [5, 5.41) is 2.91. The molecule has 208 valence electrons. The van der Waals surface area contributed by atoms with Gasteiger partial charge in [0.15, 0.2) is 0 Å². The zero-order chi connectivity index (χ0) is 28.6. The van der Waals surface area contributed by atoms with Gasteiger partial charge in [-0.2, -0.15) is 0 Å². The molecule has 0 aliphatic rings. The highest BCUT2D eigenvalue weighted by molar-refractivity contribution is 7.92. The Morgan fingerprint density at radius 1 is 0.923 bits per heavy atom. The molecule has 39 heavy (non-hydrogen) atoms. The maximum Gasteiger partial charge on any atom is 0.264 e. The predicted molar refractivity (Wildman–Crippen MR) is 151 cm³/mol. The van der Waals surface area contributed by atoms with Gasteiger partial charge in [-0.25, -0.2) is 12.8 Å². The van der Waals surface area contributed by atoms with Gasteiger partial charge in [0.2, 0.25) is 11.8 Å². The number of anilines is 1. The number of amides is 2. The lowest BCUT2D eigenvalue weighted by Gasteiger charge is -2.32. The molecule has 0 fully saturated rings. The van der Waals surface area contributed by atoms with E-state index >= 15 is 0 Å². The van der Waals surface area contributed by atoms with Gasteiger partial charge in [0.05, 0.1) is 10.6 Å². The molecule has 0 bridgehead atoms. The Labute approximate surface area is 230 Å². The van der Waals surface area contributed by atoms with Crippen molar-refractivity contribution in [2.24, 2.45) is 0 Å². The third kappa shape index (κ3) is 7.89. The van der Waals surface area contributed by atoms with Crippen LogP contribution in [0.25, 0.3) is 0 Å².